The van der Waals surface area contributed by atoms with Crippen molar-refractivity contribution in [2.75, 3.05) is 5.73 Å². The molecule has 0 atom stereocenters. The maximum absolute atomic E-state index is 13.2. The number of phenols is 1. The third-order valence-electron chi connectivity index (χ3n) is 1.75. The van der Waals surface area contributed by atoms with Gasteiger partial charge in [-0.15, -0.1) is 0 Å². The van der Waals surface area contributed by atoms with Gasteiger partial charge in [0.25, 0.3) is 0 Å². The molecule has 4 nitrogen and oxygen atoms in total. The number of aromatic nitrogens is 1. The Balaban J connectivity index is 2.55. The van der Waals surface area contributed by atoms with Crippen molar-refractivity contribution in [1.29, 1.82) is 0 Å². The highest BCUT2D eigenvalue weighted by molar-refractivity contribution is 5.63. The molecule has 0 aliphatic rings. The van der Waals surface area contributed by atoms with Crippen LogP contribution in [-0.2, 0) is 0 Å². The predicted octanol–water partition coefficient (Wildman–Crippen LogP) is 1.77. The molecule has 0 amide bonds. The molecule has 0 aliphatic heterocycles. The molecule has 0 saturated heterocycles. The van der Waals surface area contributed by atoms with Crippen LogP contribution in [0.3, 0.4) is 0 Å². The average Bonchev–Trinajstić information content (AvgIpc) is 2.56. The summed E-state index contributed by atoms with van der Waals surface area (Å²) in [6.07, 6.45) is 0. The molecule has 1 aromatic carbocycles. The van der Waals surface area contributed by atoms with Crippen LogP contribution in [0.25, 0.3) is 11.3 Å². The van der Waals surface area contributed by atoms with Gasteiger partial charge in [0.15, 0.2) is 0 Å². The fourth-order valence-electron chi connectivity index (χ4n) is 1.13. The van der Waals surface area contributed by atoms with Gasteiger partial charge in [0.05, 0.1) is 0 Å². The van der Waals surface area contributed by atoms with Crippen LogP contribution in [-0.4, -0.2) is 10.3 Å². The number of hydrogen-bond acceptors (Lipinski definition) is 4. The molecule has 14 heavy (non-hydrogen) atoms. The first-order valence-corrected chi connectivity index (χ1v) is 3.88. The lowest BCUT2D eigenvalue weighted by Gasteiger charge is -1.98. The zero-order valence-electron chi connectivity index (χ0n) is 7.07. The molecule has 0 radical (unpaired) electrons. The Bertz CT molecular complexity index is 468. The summed E-state index contributed by atoms with van der Waals surface area (Å²) in [5.41, 5.74) is 5.71. The van der Waals surface area contributed by atoms with Crippen molar-refractivity contribution in [2.24, 2.45) is 0 Å². The Morgan fingerprint density at radius 1 is 1.36 bits per heavy atom. The Morgan fingerprint density at radius 2 is 2.14 bits per heavy atom. The van der Waals surface area contributed by atoms with Gasteiger partial charge in [-0.25, -0.2) is 4.39 Å². The summed E-state index contributed by atoms with van der Waals surface area (Å²) in [5.74, 6) is -0.429. The molecule has 0 saturated carbocycles. The molecule has 0 bridgehead atoms. The predicted molar refractivity (Wildman–Crippen MR) is 48.0 cm³/mol. The van der Waals surface area contributed by atoms with E-state index in [9.17, 15) is 4.39 Å². The lowest BCUT2D eigenvalue weighted by Crippen LogP contribution is -1.83. The van der Waals surface area contributed by atoms with E-state index in [0.29, 0.717) is 0 Å². The van der Waals surface area contributed by atoms with Crippen LogP contribution in [0.15, 0.2) is 28.8 Å². The number of aromatic hydroxyl groups is 1. The molecule has 2 rings (SSSR count). The van der Waals surface area contributed by atoms with Crippen LogP contribution in [0.5, 0.6) is 5.75 Å². The van der Waals surface area contributed by atoms with Gasteiger partial charge < -0.3 is 15.4 Å². The highest BCUT2D eigenvalue weighted by Crippen LogP contribution is 2.26. The molecule has 1 aromatic heterocycles. The zero-order valence-corrected chi connectivity index (χ0v) is 7.07. The third kappa shape index (κ3) is 1.39. The number of anilines is 1. The van der Waals surface area contributed by atoms with Gasteiger partial charge in [-0.2, -0.15) is 0 Å². The molecular weight excluding hydrogens is 187 g/mol. The van der Waals surface area contributed by atoms with E-state index in [1.165, 1.54) is 18.2 Å². The summed E-state index contributed by atoms with van der Waals surface area (Å²) in [4.78, 5) is 0. The molecule has 0 spiro atoms. The number of halogens is 1. The fourth-order valence-corrected chi connectivity index (χ4v) is 1.13. The van der Waals surface area contributed by atoms with E-state index < -0.39 is 5.82 Å². The second-order valence-electron chi connectivity index (χ2n) is 2.78. The quantitative estimate of drug-likeness (QED) is 0.725. The average molecular weight is 194 g/mol. The van der Waals surface area contributed by atoms with Crippen molar-refractivity contribution in [3.63, 3.8) is 0 Å². The molecule has 0 aliphatic carbocycles. The largest absolute Gasteiger partial charge is 0.508 e. The Morgan fingerprint density at radius 3 is 2.79 bits per heavy atom. The molecule has 72 valence electrons. The summed E-state index contributed by atoms with van der Waals surface area (Å²) < 4.78 is 17.8. The van der Waals surface area contributed by atoms with Gasteiger partial charge in [-0.05, 0) is 18.2 Å². The van der Waals surface area contributed by atoms with Crippen molar-refractivity contribution < 1.29 is 14.0 Å². The molecule has 0 fully saturated rings. The van der Waals surface area contributed by atoms with E-state index in [1.807, 2.05) is 0 Å². The Kier molecular flexibility index (Phi) is 1.85. The molecule has 1 heterocycles. The highest BCUT2D eigenvalue weighted by Gasteiger charge is 2.10. The molecule has 2 aromatic rings. The number of hydrogen-bond donors (Lipinski definition) is 2. The summed E-state index contributed by atoms with van der Waals surface area (Å²) in [7, 11) is 0. The van der Waals surface area contributed by atoms with E-state index >= 15 is 0 Å². The number of benzene rings is 1. The minimum atomic E-state index is -0.490. The Hall–Kier alpha value is -2.04. The minimum absolute atomic E-state index is 0.0389. The summed E-state index contributed by atoms with van der Waals surface area (Å²) in [6.45, 7) is 0. The fraction of sp³-hybridized carbons (Fsp3) is 0. The number of nitrogens with zero attached hydrogens (tertiary/aromatic N) is 1. The van der Waals surface area contributed by atoms with E-state index in [2.05, 4.69) is 9.68 Å². The standard InChI is InChI=1S/C9H7FN2O2/c10-7-2-1-5(13)3-6(7)8-4-9(11)14-12-8/h1-4,13H,11H2. The van der Waals surface area contributed by atoms with Crippen LogP contribution < -0.4 is 5.73 Å². The summed E-state index contributed by atoms with van der Waals surface area (Å²) in [6, 6.07) is 5.04. The van der Waals surface area contributed by atoms with Crippen LogP contribution >= 0.6 is 0 Å². The van der Waals surface area contributed by atoms with Gasteiger partial charge in [0, 0.05) is 11.6 Å². The van der Waals surface area contributed by atoms with Crippen molar-refractivity contribution in [3.05, 3.63) is 30.1 Å². The third-order valence-corrected chi connectivity index (χ3v) is 1.75. The van der Waals surface area contributed by atoms with E-state index in [4.69, 9.17) is 10.8 Å². The first-order valence-electron chi connectivity index (χ1n) is 3.88. The van der Waals surface area contributed by atoms with Crippen molar-refractivity contribution in [1.82, 2.24) is 5.16 Å². The van der Waals surface area contributed by atoms with Crippen molar-refractivity contribution in [3.8, 4) is 17.0 Å². The number of nitrogen functional groups attached to an aromatic ring is 1. The lowest BCUT2D eigenvalue weighted by molar-refractivity contribution is 0.438. The topological polar surface area (TPSA) is 72.3 Å². The van der Waals surface area contributed by atoms with Crippen molar-refractivity contribution in [2.45, 2.75) is 0 Å². The van der Waals surface area contributed by atoms with Crippen LogP contribution in [0, 0.1) is 5.82 Å². The van der Waals surface area contributed by atoms with E-state index in [0.717, 1.165) is 6.07 Å². The maximum atomic E-state index is 13.2. The second kappa shape index (κ2) is 3.02. The SMILES string of the molecule is Nc1cc(-c2cc(O)ccc2F)no1. The molecule has 3 N–H and O–H groups in total. The normalized spacial score (nSPS) is 10.4. The lowest BCUT2D eigenvalue weighted by atomic mass is 10.1. The van der Waals surface area contributed by atoms with Gasteiger partial charge in [-0.3, -0.25) is 0 Å². The smallest absolute Gasteiger partial charge is 0.222 e. The van der Waals surface area contributed by atoms with Gasteiger partial charge in [-0.1, -0.05) is 5.16 Å². The highest BCUT2D eigenvalue weighted by atomic mass is 19.1. The van der Waals surface area contributed by atoms with E-state index in [-0.39, 0.29) is 22.9 Å². The maximum Gasteiger partial charge on any atom is 0.222 e. The first-order chi connectivity index (χ1) is 6.66. The molecule has 0 unspecified atom stereocenters. The zero-order chi connectivity index (χ0) is 10.1. The molecular formula is C9H7FN2O2. The van der Waals surface area contributed by atoms with Crippen LogP contribution in [0.4, 0.5) is 10.3 Å². The van der Waals surface area contributed by atoms with Gasteiger partial charge >= 0.3 is 0 Å². The first kappa shape index (κ1) is 8.55. The number of nitrogens with two attached hydrogens (primary N) is 1. The van der Waals surface area contributed by atoms with Crippen molar-refractivity contribution >= 4 is 5.88 Å². The monoisotopic (exact) mass is 194 g/mol. The van der Waals surface area contributed by atoms with Gasteiger partial charge in [0.2, 0.25) is 5.88 Å². The van der Waals surface area contributed by atoms with Gasteiger partial charge in [0.1, 0.15) is 17.3 Å². The Labute approximate surface area is 78.8 Å². The van der Waals surface area contributed by atoms with Crippen LogP contribution in [0.1, 0.15) is 0 Å². The van der Waals surface area contributed by atoms with Crippen LogP contribution in [0.2, 0.25) is 0 Å². The second-order valence-corrected chi connectivity index (χ2v) is 2.78. The number of phenolic OH excluding ortho intramolecular Hbond substituents is 1. The summed E-state index contributed by atoms with van der Waals surface area (Å²) >= 11 is 0. The number of rotatable bonds is 1. The minimum Gasteiger partial charge on any atom is -0.508 e. The summed E-state index contributed by atoms with van der Waals surface area (Å²) in [5, 5.41) is 12.7. The molecule has 5 heteroatoms. The van der Waals surface area contributed by atoms with E-state index in [1.54, 1.807) is 0 Å².